The molecule has 0 aliphatic carbocycles. The quantitative estimate of drug-likeness (QED) is 0.670. The van der Waals surface area contributed by atoms with Gasteiger partial charge in [0, 0.05) is 16.0 Å². The molecule has 1 heterocycles. The van der Waals surface area contributed by atoms with Gasteiger partial charge in [0.15, 0.2) is 5.78 Å². The summed E-state index contributed by atoms with van der Waals surface area (Å²) >= 11 is 1.55. The molecule has 0 aliphatic rings. The number of carbonyl (C=O) groups is 1. The molecule has 2 N–H and O–H groups in total. The van der Waals surface area contributed by atoms with E-state index in [2.05, 4.69) is 0 Å². The fourth-order valence-electron chi connectivity index (χ4n) is 1.69. The molecule has 88 valence electrons. The molecule has 1 aromatic heterocycles. The Kier molecular flexibility index (Phi) is 3.15. The molecule has 1 aromatic carbocycles. The van der Waals surface area contributed by atoms with Crippen molar-refractivity contribution in [3.8, 4) is 5.75 Å². The van der Waals surface area contributed by atoms with E-state index in [1.54, 1.807) is 29.5 Å². The van der Waals surface area contributed by atoms with Crippen molar-refractivity contribution in [1.29, 1.82) is 0 Å². The number of thiophene rings is 1. The first-order chi connectivity index (χ1) is 8.15. The third-order valence-electron chi connectivity index (χ3n) is 2.63. The Balaban J connectivity index is 2.48. The first kappa shape index (κ1) is 11.7. The molecule has 0 bridgehead atoms. The van der Waals surface area contributed by atoms with Gasteiger partial charge in [-0.05, 0) is 30.5 Å². The molecule has 2 aromatic rings. The molecule has 3 nitrogen and oxygen atoms in total. The summed E-state index contributed by atoms with van der Waals surface area (Å²) in [5, 5.41) is 1.90. The minimum absolute atomic E-state index is 0.0554. The predicted molar refractivity (Wildman–Crippen MR) is 69.9 cm³/mol. The van der Waals surface area contributed by atoms with Crippen molar-refractivity contribution in [3.05, 3.63) is 45.6 Å². The van der Waals surface area contributed by atoms with E-state index >= 15 is 0 Å². The van der Waals surface area contributed by atoms with E-state index in [1.807, 2.05) is 18.4 Å². The van der Waals surface area contributed by atoms with Crippen molar-refractivity contribution in [1.82, 2.24) is 0 Å². The van der Waals surface area contributed by atoms with Crippen molar-refractivity contribution >= 4 is 22.8 Å². The number of methoxy groups -OCH3 is 1. The maximum Gasteiger partial charge on any atom is 0.196 e. The number of ether oxygens (including phenoxy) is 1. The second kappa shape index (κ2) is 4.59. The van der Waals surface area contributed by atoms with Gasteiger partial charge in [0.1, 0.15) is 5.75 Å². The SMILES string of the molecule is COc1cccc(C(=O)c2ccsc2C)c1N. The Hall–Kier alpha value is -1.81. The topological polar surface area (TPSA) is 52.3 Å². The monoisotopic (exact) mass is 247 g/mol. The van der Waals surface area contributed by atoms with Gasteiger partial charge in [-0.3, -0.25) is 4.79 Å². The summed E-state index contributed by atoms with van der Waals surface area (Å²) in [4.78, 5) is 13.3. The van der Waals surface area contributed by atoms with Crippen LogP contribution in [0, 0.1) is 6.92 Å². The van der Waals surface area contributed by atoms with Gasteiger partial charge in [-0.15, -0.1) is 11.3 Å². The van der Waals surface area contributed by atoms with Crippen LogP contribution in [0.5, 0.6) is 5.75 Å². The number of rotatable bonds is 3. The van der Waals surface area contributed by atoms with Gasteiger partial charge >= 0.3 is 0 Å². The second-order valence-electron chi connectivity index (χ2n) is 3.64. The Morgan fingerprint density at radius 2 is 2.06 bits per heavy atom. The number of para-hydroxylation sites is 1. The van der Waals surface area contributed by atoms with Crippen LogP contribution in [0.25, 0.3) is 0 Å². The highest BCUT2D eigenvalue weighted by Crippen LogP contribution is 2.28. The van der Waals surface area contributed by atoms with Crippen molar-refractivity contribution < 1.29 is 9.53 Å². The van der Waals surface area contributed by atoms with E-state index in [4.69, 9.17) is 10.5 Å². The Morgan fingerprint density at radius 3 is 2.65 bits per heavy atom. The van der Waals surface area contributed by atoms with Crippen LogP contribution in [-0.4, -0.2) is 12.9 Å². The smallest absolute Gasteiger partial charge is 0.196 e. The van der Waals surface area contributed by atoms with Gasteiger partial charge in [0.2, 0.25) is 0 Å². The number of nitrogens with two attached hydrogens (primary N) is 1. The third-order valence-corrected chi connectivity index (χ3v) is 3.48. The molecule has 17 heavy (non-hydrogen) atoms. The zero-order valence-corrected chi connectivity index (χ0v) is 10.5. The fourth-order valence-corrected chi connectivity index (χ4v) is 2.38. The minimum Gasteiger partial charge on any atom is -0.495 e. The molecule has 0 atom stereocenters. The maximum atomic E-state index is 12.3. The number of hydrogen-bond acceptors (Lipinski definition) is 4. The Morgan fingerprint density at radius 1 is 1.29 bits per heavy atom. The largest absolute Gasteiger partial charge is 0.495 e. The van der Waals surface area contributed by atoms with Crippen LogP contribution < -0.4 is 10.5 Å². The van der Waals surface area contributed by atoms with Gasteiger partial charge < -0.3 is 10.5 Å². The number of aryl methyl sites for hydroxylation is 1. The number of hydrogen-bond donors (Lipinski definition) is 1. The summed E-state index contributed by atoms with van der Waals surface area (Å²) in [5.74, 6) is 0.476. The summed E-state index contributed by atoms with van der Waals surface area (Å²) in [6.07, 6.45) is 0. The number of nitrogen functional groups attached to an aromatic ring is 1. The van der Waals surface area contributed by atoms with Gasteiger partial charge in [-0.2, -0.15) is 0 Å². The van der Waals surface area contributed by atoms with Crippen molar-refractivity contribution in [2.75, 3.05) is 12.8 Å². The number of ketones is 1. The Bertz CT molecular complexity index is 560. The van der Waals surface area contributed by atoms with Crippen LogP contribution in [0.2, 0.25) is 0 Å². The summed E-state index contributed by atoms with van der Waals surface area (Å²) in [7, 11) is 1.54. The van der Waals surface area contributed by atoms with E-state index in [-0.39, 0.29) is 5.78 Å². The molecule has 0 fully saturated rings. The third kappa shape index (κ3) is 2.03. The molecule has 0 radical (unpaired) electrons. The van der Waals surface area contributed by atoms with Crippen LogP contribution in [0.1, 0.15) is 20.8 Å². The summed E-state index contributed by atoms with van der Waals surface area (Å²) in [6.45, 7) is 1.92. The lowest BCUT2D eigenvalue weighted by molar-refractivity contribution is 0.103. The number of benzene rings is 1. The van der Waals surface area contributed by atoms with Crippen LogP contribution in [0.3, 0.4) is 0 Å². The lowest BCUT2D eigenvalue weighted by atomic mass is 10.0. The summed E-state index contributed by atoms with van der Waals surface area (Å²) in [5.41, 5.74) is 7.50. The van der Waals surface area contributed by atoms with Crippen LogP contribution >= 0.6 is 11.3 Å². The highest BCUT2D eigenvalue weighted by atomic mass is 32.1. The first-order valence-corrected chi connectivity index (χ1v) is 6.04. The normalized spacial score (nSPS) is 10.2. The van der Waals surface area contributed by atoms with Crippen molar-refractivity contribution in [2.24, 2.45) is 0 Å². The van der Waals surface area contributed by atoms with Gasteiger partial charge in [-0.25, -0.2) is 0 Å². The molecule has 0 saturated heterocycles. The average molecular weight is 247 g/mol. The van der Waals surface area contributed by atoms with Crippen LogP contribution in [0.4, 0.5) is 5.69 Å². The average Bonchev–Trinajstić information content (AvgIpc) is 2.75. The van der Waals surface area contributed by atoms with Gasteiger partial charge in [0.25, 0.3) is 0 Å². The van der Waals surface area contributed by atoms with E-state index in [1.165, 1.54) is 7.11 Å². The van der Waals surface area contributed by atoms with Crippen LogP contribution in [-0.2, 0) is 0 Å². The molecule has 4 heteroatoms. The highest BCUT2D eigenvalue weighted by Gasteiger charge is 2.17. The fraction of sp³-hybridized carbons (Fsp3) is 0.154. The molecule has 0 aliphatic heterocycles. The predicted octanol–water partition coefficient (Wildman–Crippen LogP) is 2.88. The molecular formula is C13H13NO2S. The highest BCUT2D eigenvalue weighted by molar-refractivity contribution is 7.10. The molecule has 0 spiro atoms. The lowest BCUT2D eigenvalue weighted by Crippen LogP contribution is -2.06. The second-order valence-corrected chi connectivity index (χ2v) is 4.76. The zero-order chi connectivity index (χ0) is 12.4. The molecule has 0 saturated carbocycles. The molecule has 0 amide bonds. The minimum atomic E-state index is -0.0554. The standard InChI is InChI=1S/C13H13NO2S/c1-8-9(6-7-17-8)13(15)10-4-3-5-11(16-2)12(10)14/h3-7H,14H2,1-2H3. The maximum absolute atomic E-state index is 12.3. The van der Waals surface area contributed by atoms with Crippen molar-refractivity contribution in [3.63, 3.8) is 0 Å². The molecular weight excluding hydrogens is 234 g/mol. The van der Waals surface area contributed by atoms with Crippen LogP contribution in [0.15, 0.2) is 29.6 Å². The summed E-state index contributed by atoms with van der Waals surface area (Å²) in [6, 6.07) is 7.05. The molecule has 0 unspecified atom stereocenters. The van der Waals surface area contributed by atoms with Gasteiger partial charge in [0.05, 0.1) is 12.8 Å². The van der Waals surface area contributed by atoms with Gasteiger partial charge in [-0.1, -0.05) is 6.07 Å². The molecule has 2 rings (SSSR count). The van der Waals surface area contributed by atoms with Crippen molar-refractivity contribution in [2.45, 2.75) is 6.92 Å². The lowest BCUT2D eigenvalue weighted by Gasteiger charge is -2.08. The van der Waals surface area contributed by atoms with E-state index in [9.17, 15) is 4.79 Å². The summed E-state index contributed by atoms with van der Waals surface area (Å²) < 4.78 is 5.11. The zero-order valence-electron chi connectivity index (χ0n) is 9.69. The Labute approximate surface area is 104 Å². The van der Waals surface area contributed by atoms with E-state index in [0.717, 1.165) is 4.88 Å². The first-order valence-electron chi connectivity index (χ1n) is 5.16. The van der Waals surface area contributed by atoms with E-state index in [0.29, 0.717) is 22.6 Å². The van der Waals surface area contributed by atoms with E-state index < -0.39 is 0 Å². The number of anilines is 1. The number of carbonyl (C=O) groups excluding carboxylic acids is 1.